The van der Waals surface area contributed by atoms with Crippen molar-refractivity contribution in [3.05, 3.63) is 0 Å². The van der Waals surface area contributed by atoms with Gasteiger partial charge in [-0.3, -0.25) is 9.13 Å². The first-order valence-electron chi connectivity index (χ1n) is 3.10. The molecule has 8 nitrogen and oxygen atoms in total. The molecule has 0 fully saturated rings. The number of nitrogens with two attached hydrogens (primary N) is 1. The Hall–Kier alpha value is 1.22. The molecule has 0 unspecified atom stereocenters. The van der Waals surface area contributed by atoms with E-state index in [4.69, 9.17) is 30.4 Å². The molecule has 0 aliphatic rings. The van der Waals surface area contributed by atoms with Crippen LogP contribution in [0.15, 0.2) is 0 Å². The van der Waals surface area contributed by atoms with Crippen molar-refractivity contribution in [1.82, 2.24) is 0 Å². The first-order chi connectivity index (χ1) is 5.56. The van der Waals surface area contributed by atoms with Gasteiger partial charge in [-0.15, -0.1) is 0 Å². The molecule has 0 radical (unpaired) electrons. The third-order valence-electron chi connectivity index (χ3n) is 1.41. The molecule has 0 rings (SSSR count). The van der Waals surface area contributed by atoms with Crippen LogP contribution in [0.5, 0.6) is 0 Å². The normalized spacial score (nSPS) is 13.6. The number of hydrogen-bond acceptors (Lipinski definition) is 4. The van der Waals surface area contributed by atoms with E-state index in [1.54, 1.807) is 0 Å². The van der Waals surface area contributed by atoms with Crippen LogP contribution in [0.1, 0.15) is 7.85 Å². The van der Waals surface area contributed by atoms with Gasteiger partial charge >= 0.3 is 44.7 Å². The van der Waals surface area contributed by atoms with Gasteiger partial charge in [-0.25, -0.2) is 0 Å². The SMILES string of the molecule is NCCC(O)(P(=O)(O)O)P(=O)(O)O.[H-].[Na+]. The van der Waals surface area contributed by atoms with Crippen LogP contribution < -0.4 is 35.3 Å². The van der Waals surface area contributed by atoms with E-state index >= 15 is 0 Å². The molecule has 0 aromatic carbocycles. The number of aliphatic hydroxyl groups is 1. The molecule has 0 saturated heterocycles. The molecule has 0 spiro atoms. The van der Waals surface area contributed by atoms with E-state index in [0.29, 0.717) is 0 Å². The Bertz CT molecular complexity index is 253. The van der Waals surface area contributed by atoms with Gasteiger partial charge in [0, 0.05) is 6.42 Å². The first-order valence-corrected chi connectivity index (χ1v) is 6.32. The van der Waals surface area contributed by atoms with E-state index in [1.807, 2.05) is 0 Å². The molecule has 0 aromatic rings. The summed E-state index contributed by atoms with van der Waals surface area (Å²) in [5.41, 5.74) is 4.86. The largest absolute Gasteiger partial charge is 1.00 e. The van der Waals surface area contributed by atoms with Crippen molar-refractivity contribution >= 4 is 15.2 Å². The van der Waals surface area contributed by atoms with Crippen molar-refractivity contribution in [3.8, 4) is 0 Å². The van der Waals surface area contributed by atoms with Gasteiger partial charge in [0.15, 0.2) is 0 Å². The summed E-state index contributed by atoms with van der Waals surface area (Å²) in [5.74, 6) is 0. The van der Waals surface area contributed by atoms with Crippen molar-refractivity contribution in [2.45, 2.75) is 11.5 Å². The Morgan fingerprint density at radius 3 is 1.50 bits per heavy atom. The van der Waals surface area contributed by atoms with E-state index in [1.165, 1.54) is 0 Å². The molecule has 0 amide bonds. The van der Waals surface area contributed by atoms with Crippen molar-refractivity contribution in [1.29, 1.82) is 0 Å². The fourth-order valence-electron chi connectivity index (χ4n) is 0.655. The van der Waals surface area contributed by atoms with Gasteiger partial charge in [-0.1, -0.05) is 0 Å². The maximum atomic E-state index is 10.6. The Kier molecular flexibility index (Phi) is 6.94. The molecule has 0 atom stereocenters. The monoisotopic (exact) mass is 259 g/mol. The van der Waals surface area contributed by atoms with E-state index in [9.17, 15) is 9.13 Å². The summed E-state index contributed by atoms with van der Waals surface area (Å²) < 4.78 is 21.2. The van der Waals surface area contributed by atoms with E-state index in [2.05, 4.69) is 0 Å². The second-order valence-corrected chi connectivity index (χ2v) is 6.41. The van der Waals surface area contributed by atoms with Gasteiger partial charge in [0.1, 0.15) is 0 Å². The molecule has 0 saturated carbocycles. The zero-order valence-corrected chi connectivity index (χ0v) is 11.2. The van der Waals surface area contributed by atoms with Gasteiger partial charge < -0.3 is 31.8 Å². The molecule has 82 valence electrons. The topological polar surface area (TPSA) is 161 Å². The first kappa shape index (κ1) is 17.6. The fraction of sp³-hybridized carbons (Fsp3) is 1.00. The smallest absolute Gasteiger partial charge is 1.00 e. The van der Waals surface area contributed by atoms with Crippen LogP contribution in [-0.4, -0.2) is 36.3 Å². The zero-order chi connectivity index (χ0) is 10.9. The Morgan fingerprint density at radius 2 is 1.43 bits per heavy atom. The van der Waals surface area contributed by atoms with Crippen molar-refractivity contribution in [2.75, 3.05) is 6.54 Å². The van der Waals surface area contributed by atoms with Gasteiger partial charge in [-0.05, 0) is 6.54 Å². The van der Waals surface area contributed by atoms with Crippen LogP contribution in [0, 0.1) is 0 Å². The second kappa shape index (κ2) is 5.52. The molecule has 7 N–H and O–H groups in total. The third kappa shape index (κ3) is 3.66. The minimum absolute atomic E-state index is 0. The summed E-state index contributed by atoms with van der Waals surface area (Å²) in [5, 5.41) is 5.71. The second-order valence-electron chi connectivity index (χ2n) is 2.40. The maximum Gasteiger partial charge on any atom is 1.00 e. The summed E-state index contributed by atoms with van der Waals surface area (Å²) in [7, 11) is -10.6. The third-order valence-corrected chi connectivity index (χ3v) is 5.29. The summed E-state index contributed by atoms with van der Waals surface area (Å²) >= 11 is 0. The average Bonchev–Trinajstić information content (AvgIpc) is 1.82. The van der Waals surface area contributed by atoms with Crippen molar-refractivity contribution in [3.63, 3.8) is 0 Å². The Morgan fingerprint density at radius 1 is 1.14 bits per heavy atom. The minimum atomic E-state index is -5.31. The molecule has 0 bridgehead atoms. The summed E-state index contributed by atoms with van der Waals surface area (Å²) in [4.78, 5) is 34.1. The van der Waals surface area contributed by atoms with Crippen LogP contribution in [0.25, 0.3) is 0 Å². The van der Waals surface area contributed by atoms with E-state index in [-0.39, 0.29) is 31.0 Å². The molecule has 11 heteroatoms. The summed E-state index contributed by atoms with van der Waals surface area (Å²) in [6.45, 7) is -0.452. The van der Waals surface area contributed by atoms with Gasteiger partial charge in [0.2, 0.25) is 0 Å². The fourth-order valence-corrected chi connectivity index (χ4v) is 2.85. The standard InChI is InChI=1S/C3H11NO7P2.Na.H/c4-2-1-3(5,12(6,7)8)13(9,10)11;;/h5H,1-2,4H2,(H2,6,7,8)(H2,9,10,11);;/q;+1;-1. The quantitative estimate of drug-likeness (QED) is 0.217. The molecule has 14 heavy (non-hydrogen) atoms. The van der Waals surface area contributed by atoms with Crippen LogP contribution in [0.4, 0.5) is 0 Å². The summed E-state index contributed by atoms with van der Waals surface area (Å²) in [6, 6.07) is 0. The average molecular weight is 259 g/mol. The van der Waals surface area contributed by atoms with Crippen LogP contribution in [0.2, 0.25) is 0 Å². The van der Waals surface area contributed by atoms with Gasteiger partial charge in [0.25, 0.3) is 5.08 Å². The van der Waals surface area contributed by atoms with Gasteiger partial charge in [0.05, 0.1) is 0 Å². The number of hydrogen-bond donors (Lipinski definition) is 6. The van der Waals surface area contributed by atoms with Crippen LogP contribution >= 0.6 is 15.2 Å². The molecule has 0 aliphatic carbocycles. The maximum absolute atomic E-state index is 10.6. The zero-order valence-electron chi connectivity index (χ0n) is 8.44. The Balaban J connectivity index is -0.000000720. The van der Waals surface area contributed by atoms with Crippen LogP contribution in [-0.2, 0) is 9.13 Å². The summed E-state index contributed by atoms with van der Waals surface area (Å²) in [6.07, 6.45) is -0.873. The molecule has 0 aliphatic heterocycles. The molecule has 0 heterocycles. The predicted molar refractivity (Wildman–Crippen MR) is 43.8 cm³/mol. The molecular formula is C3H12NNaO7P2. The predicted octanol–water partition coefficient (Wildman–Crippen LogP) is -4.55. The molecular weight excluding hydrogens is 247 g/mol. The Labute approximate surface area is 104 Å². The molecule has 0 aromatic heterocycles. The van der Waals surface area contributed by atoms with Gasteiger partial charge in [-0.2, -0.15) is 0 Å². The minimum Gasteiger partial charge on any atom is -1.00 e. The number of rotatable bonds is 4. The van der Waals surface area contributed by atoms with Crippen LogP contribution in [0.3, 0.4) is 0 Å². The van der Waals surface area contributed by atoms with Crippen molar-refractivity contribution < 1.29 is 64.8 Å². The van der Waals surface area contributed by atoms with E-state index in [0.717, 1.165) is 0 Å². The van der Waals surface area contributed by atoms with Crippen molar-refractivity contribution in [2.24, 2.45) is 5.73 Å². The van der Waals surface area contributed by atoms with E-state index < -0.39 is 33.2 Å².